The molecule has 86 valence electrons. The Morgan fingerprint density at radius 3 is 2.80 bits per heavy atom. The first-order chi connectivity index (χ1) is 7.03. The van der Waals surface area contributed by atoms with E-state index in [0.29, 0.717) is 10.7 Å². The van der Waals surface area contributed by atoms with Gasteiger partial charge < -0.3 is 10.1 Å². The second-order valence-corrected chi connectivity index (χ2v) is 3.47. The number of hydrogen-bond donors (Lipinski definition) is 1. The minimum atomic E-state index is -4.17. The molecule has 0 spiro atoms. The van der Waals surface area contributed by atoms with Crippen LogP contribution in [-0.2, 0) is 11.3 Å². The van der Waals surface area contributed by atoms with E-state index in [1.165, 1.54) is 0 Å². The van der Waals surface area contributed by atoms with Crippen LogP contribution in [-0.4, -0.2) is 29.4 Å². The van der Waals surface area contributed by atoms with Crippen molar-refractivity contribution < 1.29 is 17.9 Å². The van der Waals surface area contributed by atoms with Crippen LogP contribution in [0.5, 0.6) is 0 Å². The molecule has 0 fully saturated rings. The molecule has 1 aromatic rings. The van der Waals surface area contributed by atoms with Gasteiger partial charge in [-0.05, 0) is 0 Å². The maximum atomic E-state index is 11.7. The summed E-state index contributed by atoms with van der Waals surface area (Å²) in [5, 5.41) is 7.25. The summed E-state index contributed by atoms with van der Waals surface area (Å²) >= 11 is 1.14. The molecule has 1 heterocycles. The Morgan fingerprint density at radius 2 is 2.20 bits per heavy atom. The van der Waals surface area contributed by atoms with Crippen LogP contribution >= 0.6 is 11.5 Å². The van der Waals surface area contributed by atoms with Crippen molar-refractivity contribution >= 4 is 16.5 Å². The average Bonchev–Trinajstić information content (AvgIpc) is 2.58. The van der Waals surface area contributed by atoms with Gasteiger partial charge in [-0.2, -0.15) is 13.2 Å². The molecule has 0 aromatic carbocycles. The second kappa shape index (κ2) is 5.26. The monoisotopic (exact) mass is 241 g/mol. The predicted molar refractivity (Wildman–Crippen MR) is 49.8 cm³/mol. The summed E-state index contributed by atoms with van der Waals surface area (Å²) in [6.45, 7) is -0.313. The number of aromatic nitrogens is 2. The number of halogens is 3. The molecule has 4 nitrogen and oxygen atoms in total. The van der Waals surface area contributed by atoms with Gasteiger partial charge in [0.05, 0.1) is 19.6 Å². The van der Waals surface area contributed by atoms with Crippen LogP contribution < -0.4 is 5.32 Å². The van der Waals surface area contributed by atoms with E-state index in [9.17, 15) is 13.2 Å². The van der Waals surface area contributed by atoms with E-state index < -0.39 is 12.6 Å². The minimum absolute atomic E-state index is 0.0444. The van der Waals surface area contributed by atoms with Crippen LogP contribution in [0.2, 0.25) is 0 Å². The Hall–Kier alpha value is -0.890. The van der Waals surface area contributed by atoms with Gasteiger partial charge in [-0.1, -0.05) is 4.49 Å². The highest BCUT2D eigenvalue weighted by Crippen LogP contribution is 2.20. The quantitative estimate of drug-likeness (QED) is 0.801. The van der Waals surface area contributed by atoms with Crippen LogP contribution in [0, 0.1) is 0 Å². The zero-order chi connectivity index (χ0) is 11.3. The van der Waals surface area contributed by atoms with Gasteiger partial charge in [0, 0.05) is 18.6 Å². The lowest BCUT2D eigenvalue weighted by atomic mass is 10.4. The molecule has 15 heavy (non-hydrogen) atoms. The van der Waals surface area contributed by atoms with Crippen molar-refractivity contribution in [3.8, 4) is 0 Å². The first-order valence-corrected chi connectivity index (χ1v) is 4.94. The van der Waals surface area contributed by atoms with E-state index in [1.54, 1.807) is 7.05 Å². The Labute approximate surface area is 88.6 Å². The summed E-state index contributed by atoms with van der Waals surface area (Å²) < 4.78 is 43.7. The number of nitrogens with zero attached hydrogens (tertiary/aromatic N) is 2. The van der Waals surface area contributed by atoms with E-state index >= 15 is 0 Å². The third kappa shape index (κ3) is 4.43. The summed E-state index contributed by atoms with van der Waals surface area (Å²) in [4.78, 5) is 0. The highest BCUT2D eigenvalue weighted by molar-refractivity contribution is 7.10. The first kappa shape index (κ1) is 12.2. The van der Waals surface area contributed by atoms with Gasteiger partial charge in [0.25, 0.3) is 0 Å². The molecule has 1 N–H and O–H groups in total. The normalized spacial score (nSPS) is 11.7. The SMILES string of the molecule is CNc1snnc1COCCC(F)(F)F. The summed E-state index contributed by atoms with van der Waals surface area (Å²) in [6, 6.07) is 0. The van der Waals surface area contributed by atoms with Gasteiger partial charge in [0.2, 0.25) is 0 Å². The molecule has 0 bridgehead atoms. The number of alkyl halides is 3. The molecule has 0 aliphatic rings. The van der Waals surface area contributed by atoms with Gasteiger partial charge in [-0.3, -0.25) is 0 Å². The molecular weight excluding hydrogens is 231 g/mol. The van der Waals surface area contributed by atoms with Crippen molar-refractivity contribution in [3.05, 3.63) is 5.69 Å². The maximum absolute atomic E-state index is 11.7. The summed E-state index contributed by atoms with van der Waals surface area (Å²) in [6.07, 6.45) is -5.12. The summed E-state index contributed by atoms with van der Waals surface area (Å²) in [5.41, 5.74) is 0.532. The lowest BCUT2D eigenvalue weighted by Gasteiger charge is -2.06. The van der Waals surface area contributed by atoms with Crippen molar-refractivity contribution in [2.45, 2.75) is 19.2 Å². The number of rotatable bonds is 5. The van der Waals surface area contributed by atoms with Crippen LogP contribution in [0.4, 0.5) is 18.2 Å². The Kier molecular flexibility index (Phi) is 4.28. The number of anilines is 1. The van der Waals surface area contributed by atoms with Gasteiger partial charge in [-0.15, -0.1) is 5.10 Å². The minimum Gasteiger partial charge on any atom is -0.377 e. The van der Waals surface area contributed by atoms with Gasteiger partial charge >= 0.3 is 6.18 Å². The summed E-state index contributed by atoms with van der Waals surface area (Å²) in [5.74, 6) is 0. The highest BCUT2D eigenvalue weighted by atomic mass is 32.1. The molecule has 1 aromatic heterocycles. The zero-order valence-corrected chi connectivity index (χ0v) is 8.78. The molecule has 0 aliphatic heterocycles. The van der Waals surface area contributed by atoms with Crippen molar-refractivity contribution in [2.75, 3.05) is 19.0 Å². The molecule has 0 amide bonds. The molecule has 0 radical (unpaired) electrons. The fourth-order valence-corrected chi connectivity index (χ4v) is 1.37. The Bertz CT molecular complexity index is 302. The van der Waals surface area contributed by atoms with Gasteiger partial charge in [0.15, 0.2) is 0 Å². The highest BCUT2D eigenvalue weighted by Gasteiger charge is 2.26. The molecule has 0 saturated heterocycles. The fourth-order valence-electron chi connectivity index (χ4n) is 0.850. The topological polar surface area (TPSA) is 47.0 Å². The van der Waals surface area contributed by atoms with Crippen molar-refractivity contribution in [3.63, 3.8) is 0 Å². The standard InChI is InChI=1S/C7H10F3N3OS/c1-11-6-5(12-13-15-6)4-14-3-2-7(8,9)10/h11H,2-4H2,1H3. The zero-order valence-electron chi connectivity index (χ0n) is 7.97. The van der Waals surface area contributed by atoms with Crippen molar-refractivity contribution in [1.82, 2.24) is 9.59 Å². The average molecular weight is 241 g/mol. The smallest absolute Gasteiger partial charge is 0.377 e. The van der Waals surface area contributed by atoms with Crippen molar-refractivity contribution in [2.24, 2.45) is 0 Å². The summed E-state index contributed by atoms with van der Waals surface area (Å²) in [7, 11) is 1.69. The first-order valence-electron chi connectivity index (χ1n) is 4.16. The van der Waals surface area contributed by atoms with E-state index in [0.717, 1.165) is 11.5 Å². The molecule has 0 atom stereocenters. The lowest BCUT2D eigenvalue weighted by molar-refractivity contribution is -0.146. The maximum Gasteiger partial charge on any atom is 0.391 e. The third-order valence-electron chi connectivity index (χ3n) is 1.55. The Balaban J connectivity index is 2.26. The molecule has 1 rings (SSSR count). The fraction of sp³-hybridized carbons (Fsp3) is 0.714. The van der Waals surface area contributed by atoms with Crippen LogP contribution in [0.1, 0.15) is 12.1 Å². The molecule has 0 unspecified atom stereocenters. The van der Waals surface area contributed by atoms with E-state index in [4.69, 9.17) is 4.74 Å². The third-order valence-corrected chi connectivity index (χ3v) is 2.34. The van der Waals surface area contributed by atoms with E-state index in [1.807, 2.05) is 0 Å². The van der Waals surface area contributed by atoms with Crippen LogP contribution in [0.15, 0.2) is 0 Å². The molecule has 0 aliphatic carbocycles. The number of nitrogens with one attached hydrogen (secondary N) is 1. The number of hydrogen-bond acceptors (Lipinski definition) is 5. The van der Waals surface area contributed by atoms with E-state index in [-0.39, 0.29) is 13.2 Å². The Morgan fingerprint density at radius 1 is 1.47 bits per heavy atom. The predicted octanol–water partition coefficient (Wildman–Crippen LogP) is 2.05. The largest absolute Gasteiger partial charge is 0.391 e. The van der Waals surface area contributed by atoms with Gasteiger partial charge in [0.1, 0.15) is 10.7 Å². The lowest BCUT2D eigenvalue weighted by Crippen LogP contribution is -2.11. The second-order valence-electron chi connectivity index (χ2n) is 2.72. The van der Waals surface area contributed by atoms with Crippen molar-refractivity contribution in [1.29, 1.82) is 0 Å². The van der Waals surface area contributed by atoms with Crippen LogP contribution in [0.25, 0.3) is 0 Å². The van der Waals surface area contributed by atoms with Gasteiger partial charge in [-0.25, -0.2) is 0 Å². The molecule has 8 heteroatoms. The number of ether oxygens (including phenoxy) is 1. The molecule has 0 saturated carbocycles. The van der Waals surface area contributed by atoms with Crippen LogP contribution in [0.3, 0.4) is 0 Å². The molecular formula is C7H10F3N3OS. The van der Waals surface area contributed by atoms with E-state index in [2.05, 4.69) is 14.9 Å².